The number of nitrogens with zero attached hydrogens (tertiary/aromatic N) is 1. The highest BCUT2D eigenvalue weighted by Crippen LogP contribution is 2.19. The van der Waals surface area contributed by atoms with E-state index in [1.165, 1.54) is 15.3 Å². The molecule has 1 heterocycles. The Labute approximate surface area is 82.7 Å². The zero-order valence-corrected chi connectivity index (χ0v) is 9.03. The monoisotopic (exact) mass is 197 g/mol. The lowest BCUT2D eigenvalue weighted by Gasteiger charge is -2.01. The van der Waals surface area contributed by atoms with Gasteiger partial charge in [0.25, 0.3) is 0 Å². The smallest absolute Gasteiger partial charge is 0.188 e. The minimum Gasteiger partial charge on any atom is -0.370 e. The van der Waals surface area contributed by atoms with Gasteiger partial charge in [-0.1, -0.05) is 0 Å². The summed E-state index contributed by atoms with van der Waals surface area (Å²) in [5, 5.41) is 3.03. The summed E-state index contributed by atoms with van der Waals surface area (Å²) in [6, 6.07) is 2.18. The van der Waals surface area contributed by atoms with Gasteiger partial charge in [0.1, 0.15) is 0 Å². The van der Waals surface area contributed by atoms with Gasteiger partial charge < -0.3 is 11.1 Å². The van der Waals surface area contributed by atoms with Crippen molar-refractivity contribution in [1.82, 2.24) is 5.32 Å². The highest BCUT2D eigenvalue weighted by molar-refractivity contribution is 7.12. The van der Waals surface area contributed by atoms with Crippen molar-refractivity contribution in [2.75, 3.05) is 7.05 Å². The van der Waals surface area contributed by atoms with Gasteiger partial charge in [-0.25, -0.2) is 0 Å². The van der Waals surface area contributed by atoms with Crippen molar-refractivity contribution in [3.63, 3.8) is 0 Å². The number of guanidine groups is 1. The summed E-state index contributed by atoms with van der Waals surface area (Å²) in [6.07, 6.45) is 0. The number of nitrogens with two attached hydrogens (primary N) is 1. The number of hydrogen-bond acceptors (Lipinski definition) is 2. The number of thiophene rings is 1. The molecule has 1 rings (SSSR count). The highest BCUT2D eigenvalue weighted by atomic mass is 32.1. The Bertz CT molecular complexity index is 295. The molecule has 0 aliphatic rings. The Balaban J connectivity index is 2.55. The summed E-state index contributed by atoms with van der Waals surface area (Å²) in [5.41, 5.74) is 6.85. The van der Waals surface area contributed by atoms with Crippen molar-refractivity contribution in [1.29, 1.82) is 0 Å². The van der Waals surface area contributed by atoms with Gasteiger partial charge in [0.05, 0.1) is 6.54 Å². The first kappa shape index (κ1) is 10.1. The van der Waals surface area contributed by atoms with Gasteiger partial charge >= 0.3 is 0 Å². The topological polar surface area (TPSA) is 50.4 Å². The third kappa shape index (κ3) is 2.73. The summed E-state index contributed by atoms with van der Waals surface area (Å²) >= 11 is 1.79. The van der Waals surface area contributed by atoms with E-state index < -0.39 is 0 Å². The Morgan fingerprint density at radius 2 is 2.31 bits per heavy atom. The van der Waals surface area contributed by atoms with E-state index in [2.05, 4.69) is 30.2 Å². The number of aryl methyl sites for hydroxylation is 2. The zero-order valence-electron chi connectivity index (χ0n) is 8.22. The quantitative estimate of drug-likeness (QED) is 0.556. The van der Waals surface area contributed by atoms with Crippen LogP contribution >= 0.6 is 11.3 Å². The summed E-state index contributed by atoms with van der Waals surface area (Å²) in [4.78, 5) is 6.48. The van der Waals surface area contributed by atoms with E-state index in [-0.39, 0.29) is 0 Å². The second-order valence-corrected chi connectivity index (χ2v) is 4.26. The first-order chi connectivity index (χ1) is 6.13. The molecule has 1 aromatic rings. The molecule has 3 N–H and O–H groups in total. The van der Waals surface area contributed by atoms with Crippen LogP contribution in [0.5, 0.6) is 0 Å². The van der Waals surface area contributed by atoms with Crippen molar-refractivity contribution >= 4 is 17.3 Å². The Hall–Kier alpha value is -1.03. The van der Waals surface area contributed by atoms with E-state index in [0.29, 0.717) is 5.96 Å². The standard InChI is InChI=1S/C9H15N3S/c1-6-4-8(13-7(6)2)5-12-9(10)11-3/h4H,5H2,1-3H3,(H3,10,11,12). The molecule has 0 atom stereocenters. The van der Waals surface area contributed by atoms with Crippen LogP contribution in [0.15, 0.2) is 11.1 Å². The molecule has 4 heteroatoms. The van der Waals surface area contributed by atoms with E-state index in [1.54, 1.807) is 18.4 Å². The molecule has 0 unspecified atom stereocenters. The second-order valence-electron chi connectivity index (χ2n) is 2.91. The minimum absolute atomic E-state index is 0.490. The fourth-order valence-electron chi connectivity index (χ4n) is 0.994. The predicted molar refractivity (Wildman–Crippen MR) is 58.2 cm³/mol. The van der Waals surface area contributed by atoms with Crippen LogP contribution in [0.3, 0.4) is 0 Å². The maximum Gasteiger partial charge on any atom is 0.188 e. The lowest BCUT2D eigenvalue weighted by atomic mass is 10.3. The van der Waals surface area contributed by atoms with Crippen molar-refractivity contribution < 1.29 is 0 Å². The number of nitrogens with one attached hydrogen (secondary N) is 1. The van der Waals surface area contributed by atoms with Gasteiger partial charge in [0.2, 0.25) is 0 Å². The first-order valence-electron chi connectivity index (χ1n) is 4.15. The maximum absolute atomic E-state index is 5.51. The molecule has 1 aromatic heterocycles. The van der Waals surface area contributed by atoms with Gasteiger partial charge in [0.15, 0.2) is 5.96 Å². The van der Waals surface area contributed by atoms with Crippen molar-refractivity contribution in [3.8, 4) is 0 Å². The lowest BCUT2D eigenvalue weighted by molar-refractivity contribution is 0.918. The average Bonchev–Trinajstić information content (AvgIpc) is 2.42. The van der Waals surface area contributed by atoms with Crippen LogP contribution < -0.4 is 11.1 Å². The molecule has 0 aliphatic carbocycles. The SMILES string of the molecule is CN=C(N)NCc1cc(C)c(C)s1. The van der Waals surface area contributed by atoms with Gasteiger partial charge in [-0.3, -0.25) is 4.99 Å². The number of aliphatic imine (C=N–C) groups is 1. The van der Waals surface area contributed by atoms with Crippen LogP contribution in [0.4, 0.5) is 0 Å². The molecule has 0 bridgehead atoms. The molecular formula is C9H15N3S. The molecule has 72 valence electrons. The van der Waals surface area contributed by atoms with Crippen molar-refractivity contribution in [3.05, 3.63) is 21.4 Å². The van der Waals surface area contributed by atoms with Crippen LogP contribution in [0.1, 0.15) is 15.3 Å². The fraction of sp³-hybridized carbons (Fsp3) is 0.444. The van der Waals surface area contributed by atoms with E-state index >= 15 is 0 Å². The van der Waals surface area contributed by atoms with Crippen LogP contribution in [0.2, 0.25) is 0 Å². The number of rotatable bonds is 2. The van der Waals surface area contributed by atoms with E-state index in [9.17, 15) is 0 Å². The number of hydrogen-bond donors (Lipinski definition) is 2. The summed E-state index contributed by atoms with van der Waals surface area (Å²) in [7, 11) is 1.67. The van der Waals surface area contributed by atoms with Crippen molar-refractivity contribution in [2.24, 2.45) is 10.7 Å². The first-order valence-corrected chi connectivity index (χ1v) is 4.97. The zero-order chi connectivity index (χ0) is 9.84. The van der Waals surface area contributed by atoms with Crippen LogP contribution in [0, 0.1) is 13.8 Å². The summed E-state index contributed by atoms with van der Waals surface area (Å²) in [6.45, 7) is 5.01. The van der Waals surface area contributed by atoms with E-state index in [4.69, 9.17) is 5.73 Å². The minimum atomic E-state index is 0.490. The molecule has 0 spiro atoms. The van der Waals surface area contributed by atoms with E-state index in [0.717, 1.165) is 6.54 Å². The molecule has 0 fully saturated rings. The third-order valence-corrected chi connectivity index (χ3v) is 3.05. The largest absolute Gasteiger partial charge is 0.370 e. The fourth-order valence-corrected chi connectivity index (χ4v) is 1.99. The second kappa shape index (κ2) is 4.28. The summed E-state index contributed by atoms with van der Waals surface area (Å²) < 4.78 is 0. The Morgan fingerprint density at radius 1 is 1.62 bits per heavy atom. The average molecular weight is 197 g/mol. The lowest BCUT2D eigenvalue weighted by Crippen LogP contribution is -2.30. The molecule has 0 amide bonds. The van der Waals surface area contributed by atoms with E-state index in [1.807, 2.05) is 0 Å². The molecular weight excluding hydrogens is 182 g/mol. The van der Waals surface area contributed by atoms with Crippen LogP contribution in [-0.4, -0.2) is 13.0 Å². The predicted octanol–water partition coefficient (Wildman–Crippen LogP) is 1.40. The maximum atomic E-state index is 5.51. The van der Waals surface area contributed by atoms with Crippen LogP contribution in [-0.2, 0) is 6.54 Å². The van der Waals surface area contributed by atoms with Crippen molar-refractivity contribution in [2.45, 2.75) is 20.4 Å². The molecule has 0 aromatic carbocycles. The Kier molecular flexibility index (Phi) is 3.31. The molecule has 3 nitrogen and oxygen atoms in total. The molecule has 0 radical (unpaired) electrons. The third-order valence-electron chi connectivity index (χ3n) is 1.90. The van der Waals surface area contributed by atoms with Gasteiger partial charge in [-0.2, -0.15) is 0 Å². The highest BCUT2D eigenvalue weighted by Gasteiger charge is 2.00. The molecule has 0 saturated carbocycles. The van der Waals surface area contributed by atoms with Gasteiger partial charge in [-0.15, -0.1) is 11.3 Å². The van der Waals surface area contributed by atoms with Gasteiger partial charge in [-0.05, 0) is 25.5 Å². The molecule has 0 saturated heterocycles. The summed E-state index contributed by atoms with van der Waals surface area (Å²) in [5.74, 6) is 0.490. The van der Waals surface area contributed by atoms with Gasteiger partial charge in [0, 0.05) is 16.8 Å². The molecule has 13 heavy (non-hydrogen) atoms. The normalized spacial score (nSPS) is 11.8. The molecule has 0 aliphatic heterocycles. The Morgan fingerprint density at radius 3 is 2.77 bits per heavy atom. The van der Waals surface area contributed by atoms with Crippen LogP contribution in [0.25, 0.3) is 0 Å².